The molecule has 1 aliphatic rings. The molecule has 1 unspecified atom stereocenters. The lowest BCUT2D eigenvalue weighted by Gasteiger charge is -2.35. The molecule has 1 amide bonds. The van der Waals surface area contributed by atoms with Crippen LogP contribution in [0, 0.1) is 6.42 Å². The molecule has 1 aliphatic carbocycles. The van der Waals surface area contributed by atoms with Crippen LogP contribution < -0.4 is 0 Å². The highest BCUT2D eigenvalue weighted by Gasteiger charge is 2.34. The molecule has 119 valence electrons. The van der Waals surface area contributed by atoms with Crippen molar-refractivity contribution in [1.29, 1.82) is 0 Å². The van der Waals surface area contributed by atoms with Gasteiger partial charge in [-0.25, -0.2) is 0 Å². The highest BCUT2D eigenvalue weighted by Crippen LogP contribution is 2.24. The average molecular weight is 293 g/mol. The van der Waals surface area contributed by atoms with Gasteiger partial charge in [0.2, 0.25) is 5.91 Å². The van der Waals surface area contributed by atoms with Gasteiger partial charge < -0.3 is 4.90 Å². The molecule has 0 aromatic rings. The van der Waals surface area contributed by atoms with Gasteiger partial charge in [0, 0.05) is 31.0 Å². The fourth-order valence-corrected chi connectivity index (χ4v) is 2.28. The maximum atomic E-state index is 12.5. The minimum atomic E-state index is -0.336. The summed E-state index contributed by atoms with van der Waals surface area (Å²) < 4.78 is 0. The fourth-order valence-electron chi connectivity index (χ4n) is 2.28. The zero-order valence-corrected chi connectivity index (χ0v) is 14.3. The van der Waals surface area contributed by atoms with Crippen LogP contribution in [0.15, 0.2) is 11.6 Å². The van der Waals surface area contributed by atoms with E-state index in [4.69, 9.17) is 0 Å². The van der Waals surface area contributed by atoms with Gasteiger partial charge in [0.05, 0.1) is 6.04 Å². The van der Waals surface area contributed by atoms with Gasteiger partial charge in [-0.05, 0) is 40.3 Å². The Morgan fingerprint density at radius 3 is 2.19 bits per heavy atom. The molecule has 1 rings (SSSR count). The number of nitrogens with zero attached hydrogens (tertiary/aromatic N) is 2. The normalized spacial score (nSPS) is 15.7. The largest absolute Gasteiger partial charge is 0.341 e. The van der Waals surface area contributed by atoms with E-state index in [-0.39, 0.29) is 29.7 Å². The summed E-state index contributed by atoms with van der Waals surface area (Å²) in [6.07, 6.45) is 4.88. The Morgan fingerprint density at radius 1 is 1.24 bits per heavy atom. The smallest absolute Gasteiger partial charge is 0.224 e. The molecule has 0 fully saturated rings. The number of amides is 1. The van der Waals surface area contributed by atoms with Crippen molar-refractivity contribution in [3.05, 3.63) is 18.1 Å². The third-order valence-corrected chi connectivity index (χ3v) is 4.03. The van der Waals surface area contributed by atoms with Gasteiger partial charge in [0.15, 0.2) is 5.78 Å². The third-order valence-electron chi connectivity index (χ3n) is 4.03. The molecule has 0 spiro atoms. The first-order chi connectivity index (χ1) is 9.72. The minimum Gasteiger partial charge on any atom is -0.341 e. The number of carbonyl (C=O) groups excluding carboxylic acids is 2. The van der Waals surface area contributed by atoms with Gasteiger partial charge in [0.1, 0.15) is 0 Å². The van der Waals surface area contributed by atoms with Crippen LogP contribution in [0.3, 0.4) is 0 Å². The van der Waals surface area contributed by atoms with E-state index in [1.54, 1.807) is 4.90 Å². The van der Waals surface area contributed by atoms with Crippen LogP contribution >= 0.6 is 0 Å². The monoisotopic (exact) mass is 293 g/mol. The Morgan fingerprint density at radius 2 is 1.81 bits per heavy atom. The topological polar surface area (TPSA) is 40.6 Å². The summed E-state index contributed by atoms with van der Waals surface area (Å²) in [7, 11) is 1.81. The van der Waals surface area contributed by atoms with Crippen molar-refractivity contribution >= 4 is 11.7 Å². The van der Waals surface area contributed by atoms with Crippen LogP contribution in [0.25, 0.3) is 0 Å². The van der Waals surface area contributed by atoms with E-state index >= 15 is 0 Å². The number of allylic oxidation sites excluding steroid dienone is 1. The van der Waals surface area contributed by atoms with Gasteiger partial charge >= 0.3 is 0 Å². The second-order valence-corrected chi connectivity index (χ2v) is 6.63. The second-order valence-electron chi connectivity index (χ2n) is 6.63. The summed E-state index contributed by atoms with van der Waals surface area (Å²) >= 11 is 0. The summed E-state index contributed by atoms with van der Waals surface area (Å²) in [6.45, 7) is 11.8. The summed E-state index contributed by atoms with van der Waals surface area (Å²) in [5, 5.41) is 0. The third kappa shape index (κ3) is 4.95. The molecule has 0 saturated heterocycles. The van der Waals surface area contributed by atoms with Crippen molar-refractivity contribution in [2.75, 3.05) is 20.1 Å². The molecule has 0 bridgehead atoms. The van der Waals surface area contributed by atoms with Gasteiger partial charge in [0.25, 0.3) is 0 Å². The second kappa shape index (κ2) is 7.21. The van der Waals surface area contributed by atoms with Crippen molar-refractivity contribution in [1.82, 2.24) is 9.80 Å². The van der Waals surface area contributed by atoms with Crippen molar-refractivity contribution < 1.29 is 9.59 Å². The lowest BCUT2D eigenvalue weighted by atomic mass is 10.0. The SMILES string of the molecule is CCCN(CC)C(CC(=O)N(C)C(C)(C)C)C(=O)C1=C[CH]1. The average Bonchev–Trinajstić information content (AvgIpc) is 3.24. The number of Topliss-reactive ketones (excluding diaryl/α,β-unsaturated/α-hetero) is 1. The van der Waals surface area contributed by atoms with Crippen LogP contribution in [0.1, 0.15) is 47.5 Å². The first kappa shape index (κ1) is 17.9. The van der Waals surface area contributed by atoms with E-state index in [0.29, 0.717) is 0 Å². The highest BCUT2D eigenvalue weighted by molar-refractivity contribution is 6.07. The molecule has 0 saturated carbocycles. The minimum absolute atomic E-state index is 0.0247. The van der Waals surface area contributed by atoms with E-state index in [1.165, 1.54) is 0 Å². The van der Waals surface area contributed by atoms with E-state index in [0.717, 1.165) is 25.1 Å². The Bertz CT molecular complexity index is 421. The summed E-state index contributed by atoms with van der Waals surface area (Å²) in [6, 6.07) is -0.336. The van der Waals surface area contributed by atoms with Crippen LogP contribution in [0.2, 0.25) is 0 Å². The van der Waals surface area contributed by atoms with Crippen molar-refractivity contribution in [2.24, 2.45) is 0 Å². The molecule has 0 aliphatic heterocycles. The molecule has 0 aromatic carbocycles. The number of ketones is 1. The zero-order chi connectivity index (χ0) is 16.2. The molecule has 0 heterocycles. The maximum Gasteiger partial charge on any atom is 0.224 e. The molecule has 4 nitrogen and oxygen atoms in total. The predicted octanol–water partition coefficient (Wildman–Crippen LogP) is 2.45. The Kier molecular flexibility index (Phi) is 6.14. The molecular formula is C17H29N2O2. The standard InChI is InChI=1S/C17H29N2O2/c1-7-11-19(8-2)14(16(21)13-9-10-13)12-15(20)18(6)17(3,4)5/h9-10,14H,7-8,11-12H2,1-6H3. The van der Waals surface area contributed by atoms with Gasteiger partial charge in [-0.15, -0.1) is 0 Å². The van der Waals surface area contributed by atoms with Gasteiger partial charge in [-0.2, -0.15) is 0 Å². The van der Waals surface area contributed by atoms with Crippen molar-refractivity contribution in [2.45, 2.75) is 59.0 Å². The van der Waals surface area contributed by atoms with E-state index in [1.807, 2.05) is 47.2 Å². The molecule has 0 N–H and O–H groups in total. The summed E-state index contributed by atoms with van der Waals surface area (Å²) in [5.41, 5.74) is 0.540. The number of rotatable bonds is 8. The van der Waals surface area contributed by atoms with Crippen LogP contribution in [-0.2, 0) is 9.59 Å². The van der Waals surface area contributed by atoms with Crippen LogP contribution in [0.5, 0.6) is 0 Å². The Hall–Kier alpha value is -1.16. The first-order valence-electron chi connectivity index (χ1n) is 7.82. The van der Waals surface area contributed by atoms with E-state index in [2.05, 4.69) is 11.8 Å². The molecule has 1 radical (unpaired) electrons. The maximum absolute atomic E-state index is 12.5. The van der Waals surface area contributed by atoms with E-state index < -0.39 is 0 Å². The molecule has 4 heteroatoms. The van der Waals surface area contributed by atoms with Crippen molar-refractivity contribution in [3.63, 3.8) is 0 Å². The number of carbonyl (C=O) groups is 2. The summed E-state index contributed by atoms with van der Waals surface area (Å²) in [5.74, 6) is 0.109. The number of hydrogen-bond donors (Lipinski definition) is 0. The lowest BCUT2D eigenvalue weighted by molar-refractivity contribution is -0.138. The number of likely N-dealkylation sites (N-methyl/N-ethyl adjacent to an activating group) is 1. The van der Waals surface area contributed by atoms with Crippen LogP contribution in [0.4, 0.5) is 0 Å². The zero-order valence-electron chi connectivity index (χ0n) is 14.3. The molecular weight excluding hydrogens is 264 g/mol. The summed E-state index contributed by atoms with van der Waals surface area (Å²) in [4.78, 5) is 28.8. The van der Waals surface area contributed by atoms with E-state index in [9.17, 15) is 9.59 Å². The molecule has 0 aromatic heterocycles. The lowest BCUT2D eigenvalue weighted by Crippen LogP contribution is -2.48. The van der Waals surface area contributed by atoms with Crippen molar-refractivity contribution in [3.8, 4) is 0 Å². The van der Waals surface area contributed by atoms with Crippen LogP contribution in [-0.4, -0.2) is 53.2 Å². The Balaban J connectivity index is 2.84. The molecule has 1 atom stereocenters. The first-order valence-corrected chi connectivity index (χ1v) is 7.82. The molecule has 21 heavy (non-hydrogen) atoms. The highest BCUT2D eigenvalue weighted by atomic mass is 16.2. The number of hydrogen-bond acceptors (Lipinski definition) is 3. The van der Waals surface area contributed by atoms with Gasteiger partial charge in [-0.3, -0.25) is 14.5 Å². The quantitative estimate of drug-likeness (QED) is 0.690. The fraction of sp³-hybridized carbons (Fsp3) is 0.706. The Labute approximate surface area is 129 Å². The van der Waals surface area contributed by atoms with Gasteiger partial charge in [-0.1, -0.05) is 19.9 Å². The predicted molar refractivity (Wildman–Crippen MR) is 85.9 cm³/mol.